The Morgan fingerprint density at radius 2 is 0.933 bits per heavy atom. The predicted molar refractivity (Wildman–Crippen MR) is 133 cm³/mol. The van der Waals surface area contributed by atoms with Gasteiger partial charge in [-0.1, -0.05) is 0 Å². The van der Waals surface area contributed by atoms with Gasteiger partial charge in [0.15, 0.2) is 0 Å². The monoisotopic (exact) mass is 441 g/mol. The van der Waals surface area contributed by atoms with E-state index in [-0.39, 0.29) is 0 Å². The zero-order chi connectivity index (χ0) is 21.6. The highest BCUT2D eigenvalue weighted by Gasteiger charge is 2.50. The van der Waals surface area contributed by atoms with Crippen LogP contribution in [0, 0.1) is 0 Å². The zero-order valence-corrected chi connectivity index (χ0v) is 19.8. The summed E-state index contributed by atoms with van der Waals surface area (Å²) in [6.45, 7) is 2.35. The Balaban J connectivity index is 2.30. The number of thiol groups is 1. The van der Waals surface area contributed by atoms with Gasteiger partial charge in [0.2, 0.25) is 0 Å². The van der Waals surface area contributed by atoms with E-state index >= 15 is 0 Å². The van der Waals surface area contributed by atoms with Crippen LogP contribution in [-0.4, -0.2) is 32.7 Å². The maximum absolute atomic E-state index is 5.43. The van der Waals surface area contributed by atoms with Crippen LogP contribution in [0.25, 0.3) is 0 Å². The molecule has 0 heterocycles. The van der Waals surface area contributed by atoms with Gasteiger partial charge in [-0.15, -0.1) is 0 Å². The molecule has 0 amide bonds. The van der Waals surface area contributed by atoms with Gasteiger partial charge in [-0.2, -0.15) is 12.6 Å². The van der Waals surface area contributed by atoms with E-state index < -0.39 is 7.26 Å². The second-order valence-electron chi connectivity index (χ2n) is 7.18. The van der Waals surface area contributed by atoms with E-state index in [9.17, 15) is 0 Å². The lowest BCUT2D eigenvalue weighted by Crippen LogP contribution is -2.38. The molecule has 0 radical (unpaired) electrons. The summed E-state index contributed by atoms with van der Waals surface area (Å²) >= 11 is 4.58. The smallest absolute Gasteiger partial charge is 0.119 e. The molecule has 3 rings (SSSR count). The lowest BCUT2D eigenvalue weighted by molar-refractivity contribution is 0.415. The number of benzene rings is 3. The van der Waals surface area contributed by atoms with Gasteiger partial charge in [0, 0.05) is 0 Å². The first-order chi connectivity index (χ1) is 14.6. The molecule has 30 heavy (non-hydrogen) atoms. The van der Waals surface area contributed by atoms with E-state index in [4.69, 9.17) is 14.2 Å². The largest absolute Gasteiger partial charge is 0.497 e. The normalized spacial score (nSPS) is 12.3. The molecular weight excluding hydrogens is 411 g/mol. The van der Waals surface area contributed by atoms with Crippen LogP contribution in [0.1, 0.15) is 13.3 Å². The van der Waals surface area contributed by atoms with Gasteiger partial charge in [0.25, 0.3) is 0 Å². The van der Waals surface area contributed by atoms with E-state index in [0.717, 1.165) is 29.4 Å². The van der Waals surface area contributed by atoms with Crippen molar-refractivity contribution in [1.29, 1.82) is 0 Å². The molecule has 3 aromatic rings. The van der Waals surface area contributed by atoms with Gasteiger partial charge in [-0.3, -0.25) is 0 Å². The van der Waals surface area contributed by atoms with Crippen molar-refractivity contribution in [1.82, 2.24) is 0 Å². The molecule has 0 saturated heterocycles. The summed E-state index contributed by atoms with van der Waals surface area (Å²) in [6.07, 6.45) is 1.01. The van der Waals surface area contributed by atoms with E-state index in [1.54, 1.807) is 21.3 Å². The van der Waals surface area contributed by atoms with E-state index in [2.05, 4.69) is 92.3 Å². The van der Waals surface area contributed by atoms with Crippen LogP contribution in [0.5, 0.6) is 17.2 Å². The Bertz CT molecular complexity index is 808. The molecule has 0 fully saturated rings. The maximum Gasteiger partial charge on any atom is 0.119 e. The molecule has 0 aliphatic carbocycles. The van der Waals surface area contributed by atoms with Gasteiger partial charge >= 0.3 is 0 Å². The fourth-order valence-electron chi connectivity index (χ4n) is 4.04. The molecule has 158 valence electrons. The summed E-state index contributed by atoms with van der Waals surface area (Å²) in [4.78, 5) is 0. The molecule has 5 heteroatoms. The molecule has 0 aliphatic rings. The van der Waals surface area contributed by atoms with Gasteiger partial charge < -0.3 is 14.2 Å². The summed E-state index contributed by atoms with van der Waals surface area (Å²) < 4.78 is 16.3. The van der Waals surface area contributed by atoms with E-state index in [0.29, 0.717) is 5.66 Å². The first-order valence-corrected chi connectivity index (χ1v) is 12.5. The van der Waals surface area contributed by atoms with Crippen molar-refractivity contribution in [2.24, 2.45) is 0 Å². The van der Waals surface area contributed by atoms with E-state index in [1.165, 1.54) is 15.9 Å². The molecule has 1 atom stereocenters. The summed E-state index contributed by atoms with van der Waals surface area (Å²) in [5.41, 5.74) is 0.408. The molecule has 0 N–H and O–H groups in total. The van der Waals surface area contributed by atoms with Crippen molar-refractivity contribution in [2.45, 2.75) is 19.0 Å². The highest BCUT2D eigenvalue weighted by atomic mass is 32.1. The van der Waals surface area contributed by atoms with E-state index in [1.807, 2.05) is 0 Å². The number of hydrogen-bond acceptors (Lipinski definition) is 4. The lowest BCUT2D eigenvalue weighted by atomic mass is 10.3. The average Bonchev–Trinajstić information content (AvgIpc) is 2.81. The quantitative estimate of drug-likeness (QED) is 0.385. The number of methoxy groups -OCH3 is 3. The van der Waals surface area contributed by atoms with Crippen LogP contribution in [-0.2, 0) is 0 Å². The molecule has 0 aromatic heterocycles. The van der Waals surface area contributed by atoms with Crippen LogP contribution in [0.2, 0.25) is 0 Å². The first-order valence-electron chi connectivity index (χ1n) is 10.0. The van der Waals surface area contributed by atoms with Crippen molar-refractivity contribution >= 4 is 35.8 Å². The minimum Gasteiger partial charge on any atom is -0.497 e. The van der Waals surface area contributed by atoms with Crippen LogP contribution >= 0.6 is 19.9 Å². The second-order valence-corrected chi connectivity index (χ2v) is 11.5. The lowest BCUT2D eigenvalue weighted by Gasteiger charge is -2.33. The van der Waals surface area contributed by atoms with Gasteiger partial charge in [0.1, 0.15) is 40.4 Å². The third-order valence-electron chi connectivity index (χ3n) is 5.65. The Hall–Kier alpha value is -2.16. The van der Waals surface area contributed by atoms with Crippen molar-refractivity contribution in [3.05, 3.63) is 72.8 Å². The molecule has 0 spiro atoms. The fraction of sp³-hybridized carbons (Fsp3) is 0.280. The van der Waals surface area contributed by atoms with Gasteiger partial charge in [-0.05, 0) is 91.9 Å². The van der Waals surface area contributed by atoms with Crippen molar-refractivity contribution in [2.75, 3.05) is 27.1 Å². The van der Waals surface area contributed by atoms with Crippen molar-refractivity contribution in [3.8, 4) is 17.2 Å². The molecule has 0 bridgehead atoms. The SMILES string of the molecule is COc1ccc([P+](c2ccc(OC)cc2)(c2ccc(OC)cc2)C(C)CCS)cc1. The first kappa shape index (κ1) is 22.5. The second kappa shape index (κ2) is 10.2. The standard InChI is InChI=1S/C25H29O3PS/c1-19(17-18-30)29(23-11-5-20(26-2)6-12-23,24-13-7-21(27-3)8-14-24)25-15-9-22(28-4)10-16-25/h5-16,19H,17-18H2,1-4H3/p+1. The van der Waals surface area contributed by atoms with Gasteiger partial charge in [-0.25, -0.2) is 0 Å². The topological polar surface area (TPSA) is 27.7 Å². The molecule has 1 unspecified atom stereocenters. The minimum absolute atomic E-state index is 0.408. The predicted octanol–water partition coefficient (Wildman–Crippen LogP) is 4.71. The molecular formula is C25H30O3PS+. The minimum atomic E-state index is -1.97. The molecule has 3 aromatic carbocycles. The Labute approximate surface area is 186 Å². The number of hydrogen-bond donors (Lipinski definition) is 1. The Morgan fingerprint density at radius 1 is 0.633 bits per heavy atom. The van der Waals surface area contributed by atoms with Crippen molar-refractivity contribution < 1.29 is 14.2 Å². The average molecular weight is 442 g/mol. The summed E-state index contributed by atoms with van der Waals surface area (Å²) in [5, 5.41) is 3.98. The summed E-state index contributed by atoms with van der Waals surface area (Å²) in [7, 11) is 3.14. The molecule has 3 nitrogen and oxygen atoms in total. The number of rotatable bonds is 9. The maximum atomic E-state index is 5.43. The summed E-state index contributed by atoms with van der Waals surface area (Å²) in [6, 6.07) is 25.7. The fourth-order valence-corrected chi connectivity index (χ4v) is 9.43. The Morgan fingerprint density at radius 3 is 1.17 bits per heavy atom. The molecule has 0 aliphatic heterocycles. The van der Waals surface area contributed by atoms with Crippen LogP contribution in [0.3, 0.4) is 0 Å². The number of ether oxygens (including phenoxy) is 3. The van der Waals surface area contributed by atoms with Crippen LogP contribution < -0.4 is 30.1 Å². The highest BCUT2D eigenvalue weighted by molar-refractivity contribution is 7.96. The zero-order valence-electron chi connectivity index (χ0n) is 18.0. The van der Waals surface area contributed by atoms with Crippen molar-refractivity contribution in [3.63, 3.8) is 0 Å². The Kier molecular flexibility index (Phi) is 7.69. The van der Waals surface area contributed by atoms with Crippen LogP contribution in [0.15, 0.2) is 72.8 Å². The molecule has 0 saturated carbocycles. The van der Waals surface area contributed by atoms with Gasteiger partial charge in [0.05, 0.1) is 27.0 Å². The third-order valence-corrected chi connectivity index (χ3v) is 10.8. The van der Waals surface area contributed by atoms with Crippen LogP contribution in [0.4, 0.5) is 0 Å². The highest BCUT2D eigenvalue weighted by Crippen LogP contribution is 2.61. The summed E-state index contributed by atoms with van der Waals surface area (Å²) in [5.74, 6) is 3.43. The third kappa shape index (κ3) is 4.31.